The van der Waals surface area contributed by atoms with Crippen LogP contribution in [0, 0.1) is 11.3 Å². The molecule has 1 aromatic carbocycles. The topological polar surface area (TPSA) is 74.2 Å². The molecular weight excluding hydrogens is 266 g/mol. The number of hydrogen-bond donors (Lipinski definition) is 2. The maximum Gasteiger partial charge on any atom is 0.307 e. The number of likely N-dealkylation sites (N-methyl/N-ethyl adjacent to an activating group) is 1. The third-order valence-corrected chi connectivity index (χ3v) is 2.86. The van der Waals surface area contributed by atoms with Gasteiger partial charge in [0.2, 0.25) is 0 Å². The summed E-state index contributed by atoms with van der Waals surface area (Å²) in [5, 5.41) is 15.4. The van der Waals surface area contributed by atoms with Gasteiger partial charge in [0.25, 0.3) is 0 Å². The van der Waals surface area contributed by atoms with Gasteiger partial charge >= 0.3 is 5.97 Å². The molecule has 1 aromatic rings. The highest BCUT2D eigenvalue weighted by atomic mass is 35.5. The van der Waals surface area contributed by atoms with Crippen molar-refractivity contribution in [3.8, 4) is 6.07 Å². The maximum absolute atomic E-state index is 11.3. The molecule has 1 unspecified atom stereocenters. The third kappa shape index (κ3) is 4.78. The number of nitrogens with zero attached hydrogens (tertiary/aromatic N) is 1. The van der Waals surface area contributed by atoms with Crippen LogP contribution in [0.25, 0.3) is 0 Å². The van der Waals surface area contributed by atoms with Gasteiger partial charge in [0.05, 0.1) is 24.1 Å². The molecule has 1 atom stereocenters. The molecule has 1 rings (SSSR count). The molecule has 0 aliphatic heterocycles. The molecule has 0 aromatic heterocycles. The van der Waals surface area contributed by atoms with Gasteiger partial charge in [0.15, 0.2) is 0 Å². The number of carbonyl (C=O) groups excluding carboxylic acids is 1. The zero-order valence-corrected chi connectivity index (χ0v) is 11.6. The molecule has 0 fully saturated rings. The molecule has 19 heavy (non-hydrogen) atoms. The van der Waals surface area contributed by atoms with Gasteiger partial charge in [-0.25, -0.2) is 0 Å². The lowest BCUT2D eigenvalue weighted by molar-refractivity contribution is -0.140. The number of methoxy groups -OCH3 is 1. The summed E-state index contributed by atoms with van der Waals surface area (Å²) in [7, 11) is 3.16. The van der Waals surface area contributed by atoms with Crippen molar-refractivity contribution >= 4 is 23.3 Å². The van der Waals surface area contributed by atoms with E-state index >= 15 is 0 Å². The second-order valence-corrected chi connectivity index (χ2v) is 4.39. The first-order valence-electron chi connectivity index (χ1n) is 5.78. The van der Waals surface area contributed by atoms with Gasteiger partial charge in [0, 0.05) is 18.3 Å². The van der Waals surface area contributed by atoms with Crippen LogP contribution in [0.1, 0.15) is 12.0 Å². The summed E-state index contributed by atoms with van der Waals surface area (Å²) in [5.74, 6) is -0.285. The van der Waals surface area contributed by atoms with Crippen LogP contribution in [0.3, 0.4) is 0 Å². The van der Waals surface area contributed by atoms with Crippen LogP contribution in [0.15, 0.2) is 18.2 Å². The molecule has 0 saturated heterocycles. The van der Waals surface area contributed by atoms with E-state index in [-0.39, 0.29) is 18.4 Å². The van der Waals surface area contributed by atoms with Crippen LogP contribution in [-0.4, -0.2) is 32.7 Å². The molecule has 6 heteroatoms. The minimum atomic E-state index is -0.285. The van der Waals surface area contributed by atoms with E-state index in [2.05, 4.69) is 15.4 Å². The minimum absolute atomic E-state index is 0.110. The summed E-state index contributed by atoms with van der Waals surface area (Å²) < 4.78 is 4.65. The van der Waals surface area contributed by atoms with Crippen molar-refractivity contribution in [1.82, 2.24) is 5.32 Å². The lowest BCUT2D eigenvalue weighted by Crippen LogP contribution is -2.33. The lowest BCUT2D eigenvalue weighted by atomic mass is 10.1. The predicted octanol–water partition coefficient (Wildman–Crippen LogP) is 1.77. The number of benzene rings is 1. The molecule has 0 aliphatic rings. The Morgan fingerprint density at radius 1 is 1.58 bits per heavy atom. The summed E-state index contributed by atoms with van der Waals surface area (Å²) in [4.78, 5) is 11.3. The summed E-state index contributed by atoms with van der Waals surface area (Å²) in [6.45, 7) is 0.604. The highest BCUT2D eigenvalue weighted by Crippen LogP contribution is 2.21. The smallest absolute Gasteiger partial charge is 0.307 e. The SMILES string of the molecule is CNCC(CC(=O)OC)Nc1ccc(C#N)c(Cl)c1. The Labute approximate surface area is 117 Å². The highest BCUT2D eigenvalue weighted by Gasteiger charge is 2.14. The van der Waals surface area contributed by atoms with E-state index in [0.29, 0.717) is 17.1 Å². The van der Waals surface area contributed by atoms with E-state index < -0.39 is 0 Å². The Morgan fingerprint density at radius 2 is 2.32 bits per heavy atom. The van der Waals surface area contributed by atoms with E-state index in [0.717, 1.165) is 5.69 Å². The summed E-state index contributed by atoms with van der Waals surface area (Å²) in [6.07, 6.45) is 0.245. The van der Waals surface area contributed by atoms with E-state index in [4.69, 9.17) is 16.9 Å². The van der Waals surface area contributed by atoms with Crippen LogP contribution in [0.2, 0.25) is 5.02 Å². The molecule has 0 heterocycles. The molecule has 0 spiro atoms. The lowest BCUT2D eigenvalue weighted by Gasteiger charge is -2.18. The Hall–Kier alpha value is -1.77. The number of esters is 1. The van der Waals surface area contributed by atoms with Gasteiger partial charge in [-0.1, -0.05) is 11.6 Å². The molecule has 0 amide bonds. The first-order chi connectivity index (χ1) is 9.10. The average molecular weight is 282 g/mol. The molecule has 0 saturated carbocycles. The number of hydrogen-bond acceptors (Lipinski definition) is 5. The first-order valence-corrected chi connectivity index (χ1v) is 6.16. The van der Waals surface area contributed by atoms with Gasteiger partial charge in [-0.3, -0.25) is 4.79 Å². The zero-order valence-electron chi connectivity index (χ0n) is 10.9. The number of nitrogens with one attached hydrogen (secondary N) is 2. The third-order valence-electron chi connectivity index (χ3n) is 2.55. The number of carbonyl (C=O) groups is 1. The van der Waals surface area contributed by atoms with Crippen LogP contribution in [-0.2, 0) is 9.53 Å². The summed E-state index contributed by atoms with van der Waals surface area (Å²) >= 11 is 5.95. The quantitative estimate of drug-likeness (QED) is 0.778. The van der Waals surface area contributed by atoms with Crippen LogP contribution < -0.4 is 10.6 Å². The monoisotopic (exact) mass is 281 g/mol. The molecule has 0 bridgehead atoms. The van der Waals surface area contributed by atoms with Crippen molar-refractivity contribution in [2.75, 3.05) is 26.0 Å². The number of anilines is 1. The fourth-order valence-electron chi connectivity index (χ4n) is 1.64. The van der Waals surface area contributed by atoms with E-state index in [1.807, 2.05) is 6.07 Å². The van der Waals surface area contributed by atoms with Gasteiger partial charge in [-0.2, -0.15) is 5.26 Å². The minimum Gasteiger partial charge on any atom is -0.469 e. The normalized spacial score (nSPS) is 11.5. The second kappa shape index (κ2) is 7.62. The van der Waals surface area contributed by atoms with Crippen molar-refractivity contribution in [2.45, 2.75) is 12.5 Å². The van der Waals surface area contributed by atoms with Gasteiger partial charge < -0.3 is 15.4 Å². The Morgan fingerprint density at radius 3 is 2.84 bits per heavy atom. The number of nitriles is 1. The fraction of sp³-hybridized carbons (Fsp3) is 0.385. The van der Waals surface area contributed by atoms with Gasteiger partial charge in [0.1, 0.15) is 6.07 Å². The van der Waals surface area contributed by atoms with Crippen LogP contribution >= 0.6 is 11.6 Å². The molecular formula is C13H16ClN3O2. The Kier molecular flexibility index (Phi) is 6.13. The summed E-state index contributed by atoms with van der Waals surface area (Å²) in [6, 6.07) is 6.95. The first kappa shape index (κ1) is 15.3. The second-order valence-electron chi connectivity index (χ2n) is 3.99. The van der Waals surface area contributed by atoms with E-state index in [1.165, 1.54) is 7.11 Å². The number of rotatable bonds is 6. The van der Waals surface area contributed by atoms with Gasteiger partial charge in [-0.15, -0.1) is 0 Å². The van der Waals surface area contributed by atoms with E-state index in [1.54, 1.807) is 25.2 Å². The Balaban J connectivity index is 2.76. The van der Waals surface area contributed by atoms with Crippen LogP contribution in [0.4, 0.5) is 5.69 Å². The average Bonchev–Trinajstić information content (AvgIpc) is 2.39. The van der Waals surface area contributed by atoms with E-state index in [9.17, 15) is 4.79 Å². The summed E-state index contributed by atoms with van der Waals surface area (Å²) in [5.41, 5.74) is 1.18. The van der Waals surface area contributed by atoms with Crippen molar-refractivity contribution in [3.63, 3.8) is 0 Å². The van der Waals surface area contributed by atoms with Crippen molar-refractivity contribution in [1.29, 1.82) is 5.26 Å². The fourth-order valence-corrected chi connectivity index (χ4v) is 1.86. The van der Waals surface area contributed by atoms with Crippen molar-refractivity contribution < 1.29 is 9.53 Å². The predicted molar refractivity (Wildman–Crippen MR) is 74.1 cm³/mol. The molecule has 5 nitrogen and oxygen atoms in total. The van der Waals surface area contributed by atoms with Crippen molar-refractivity contribution in [2.24, 2.45) is 0 Å². The standard InChI is InChI=1S/C13H16ClN3O2/c1-16-8-11(6-13(18)19-2)17-10-4-3-9(7-15)12(14)5-10/h3-5,11,16-17H,6,8H2,1-2H3. The Bertz CT molecular complexity index is 485. The maximum atomic E-state index is 11.3. The zero-order chi connectivity index (χ0) is 14.3. The molecule has 0 aliphatic carbocycles. The molecule has 102 valence electrons. The van der Waals surface area contributed by atoms with Crippen LogP contribution in [0.5, 0.6) is 0 Å². The van der Waals surface area contributed by atoms with Gasteiger partial charge in [-0.05, 0) is 25.2 Å². The molecule has 0 radical (unpaired) electrons. The highest BCUT2D eigenvalue weighted by molar-refractivity contribution is 6.32. The number of ether oxygens (including phenoxy) is 1. The molecule has 2 N–H and O–H groups in total. The number of halogens is 1. The largest absolute Gasteiger partial charge is 0.469 e. The van der Waals surface area contributed by atoms with Crippen molar-refractivity contribution in [3.05, 3.63) is 28.8 Å².